The van der Waals surface area contributed by atoms with E-state index in [0.29, 0.717) is 11.4 Å². The molecule has 0 radical (unpaired) electrons. The first-order valence-electron chi connectivity index (χ1n) is 7.05. The molecule has 0 aromatic carbocycles. The molecule has 1 aliphatic rings. The highest BCUT2D eigenvalue weighted by molar-refractivity contribution is 5.88. The number of aromatic nitrogens is 1. The van der Waals surface area contributed by atoms with E-state index in [9.17, 15) is 4.79 Å². The summed E-state index contributed by atoms with van der Waals surface area (Å²) in [4.78, 5) is 15.6. The molecular formula is C15H22N2O2. The smallest absolute Gasteiger partial charge is 0.335 e. The van der Waals surface area contributed by atoms with E-state index in [1.165, 1.54) is 19.3 Å². The Morgan fingerprint density at radius 2 is 2.05 bits per heavy atom. The minimum absolute atomic E-state index is 0.0490. The van der Waals surface area contributed by atoms with E-state index >= 15 is 0 Å². The highest BCUT2D eigenvalue weighted by Gasteiger charge is 2.27. The Hall–Kier alpha value is -1.58. The molecule has 0 atom stereocenters. The number of carboxylic acids is 1. The number of aryl methyl sites for hydroxylation is 1. The van der Waals surface area contributed by atoms with Crippen LogP contribution in [0, 0.1) is 0 Å². The van der Waals surface area contributed by atoms with E-state index in [4.69, 9.17) is 5.11 Å². The molecule has 0 amide bonds. The van der Waals surface area contributed by atoms with Crippen molar-refractivity contribution in [1.29, 1.82) is 0 Å². The molecule has 1 aliphatic carbocycles. The van der Waals surface area contributed by atoms with Crippen molar-refractivity contribution < 1.29 is 9.90 Å². The van der Waals surface area contributed by atoms with E-state index in [1.54, 1.807) is 12.1 Å². The number of anilines is 1. The van der Waals surface area contributed by atoms with Crippen molar-refractivity contribution in [2.24, 2.45) is 0 Å². The topological polar surface area (TPSA) is 62.2 Å². The van der Waals surface area contributed by atoms with E-state index in [1.807, 2.05) is 6.92 Å². The van der Waals surface area contributed by atoms with E-state index < -0.39 is 5.97 Å². The maximum Gasteiger partial charge on any atom is 0.335 e. The van der Waals surface area contributed by atoms with Crippen LogP contribution in [0.15, 0.2) is 12.1 Å². The standard InChI is InChI=1S/C15H22N2O2/c1-3-12-9-11(14(18)19)10-13(16-12)17-15(2)7-5-4-6-8-15/h9-10H,3-8H2,1-2H3,(H,16,17)(H,18,19). The van der Waals surface area contributed by atoms with E-state index in [2.05, 4.69) is 17.2 Å². The number of carboxylic acid groups (broad SMARTS) is 1. The quantitative estimate of drug-likeness (QED) is 0.872. The monoisotopic (exact) mass is 262 g/mol. The van der Waals surface area contributed by atoms with Crippen LogP contribution in [0.4, 0.5) is 5.82 Å². The van der Waals surface area contributed by atoms with Crippen LogP contribution in [0.3, 0.4) is 0 Å². The van der Waals surface area contributed by atoms with Crippen LogP contribution < -0.4 is 5.32 Å². The summed E-state index contributed by atoms with van der Waals surface area (Å²) >= 11 is 0. The average molecular weight is 262 g/mol. The van der Waals surface area contributed by atoms with Crippen LogP contribution >= 0.6 is 0 Å². The van der Waals surface area contributed by atoms with Gasteiger partial charge in [-0.3, -0.25) is 0 Å². The number of aromatic carboxylic acids is 1. The maximum absolute atomic E-state index is 11.1. The van der Waals surface area contributed by atoms with Crippen LogP contribution in [-0.4, -0.2) is 21.6 Å². The van der Waals surface area contributed by atoms with Crippen molar-refractivity contribution in [3.63, 3.8) is 0 Å². The average Bonchev–Trinajstić information content (AvgIpc) is 2.38. The van der Waals surface area contributed by atoms with Gasteiger partial charge in [0.2, 0.25) is 0 Å². The molecule has 0 spiro atoms. The molecule has 1 heterocycles. The number of hydrogen-bond acceptors (Lipinski definition) is 3. The first-order chi connectivity index (χ1) is 9.02. The minimum Gasteiger partial charge on any atom is -0.478 e. The molecule has 1 aromatic rings. The fraction of sp³-hybridized carbons (Fsp3) is 0.600. The van der Waals surface area contributed by atoms with Gasteiger partial charge in [-0.15, -0.1) is 0 Å². The lowest BCUT2D eigenvalue weighted by Gasteiger charge is -2.35. The van der Waals surface area contributed by atoms with Crippen molar-refractivity contribution in [2.45, 2.75) is 57.9 Å². The number of rotatable bonds is 4. The van der Waals surface area contributed by atoms with Gasteiger partial charge in [-0.05, 0) is 38.3 Å². The van der Waals surface area contributed by atoms with Crippen molar-refractivity contribution in [3.05, 3.63) is 23.4 Å². The highest BCUT2D eigenvalue weighted by Crippen LogP contribution is 2.31. The van der Waals surface area contributed by atoms with Gasteiger partial charge >= 0.3 is 5.97 Å². The summed E-state index contributed by atoms with van der Waals surface area (Å²) in [5, 5.41) is 12.6. The lowest BCUT2D eigenvalue weighted by Crippen LogP contribution is -2.37. The summed E-state index contributed by atoms with van der Waals surface area (Å²) in [5.41, 5.74) is 1.18. The van der Waals surface area contributed by atoms with Gasteiger partial charge < -0.3 is 10.4 Å². The van der Waals surface area contributed by atoms with Crippen molar-refractivity contribution in [3.8, 4) is 0 Å². The molecule has 1 aromatic heterocycles. The molecule has 0 saturated heterocycles. The summed E-state index contributed by atoms with van der Waals surface area (Å²) in [6, 6.07) is 3.29. The van der Waals surface area contributed by atoms with Gasteiger partial charge in [0.1, 0.15) is 5.82 Å². The molecule has 0 bridgehead atoms. The van der Waals surface area contributed by atoms with Crippen molar-refractivity contribution >= 4 is 11.8 Å². The zero-order valence-electron chi connectivity index (χ0n) is 11.7. The van der Waals surface area contributed by atoms with Gasteiger partial charge in [0.05, 0.1) is 5.56 Å². The Kier molecular flexibility index (Phi) is 4.08. The van der Waals surface area contributed by atoms with Crippen LogP contribution in [0.25, 0.3) is 0 Å². The van der Waals surface area contributed by atoms with Crippen molar-refractivity contribution in [1.82, 2.24) is 4.98 Å². The lowest BCUT2D eigenvalue weighted by atomic mass is 9.83. The molecule has 0 aliphatic heterocycles. The molecule has 2 rings (SSSR count). The van der Waals surface area contributed by atoms with Gasteiger partial charge in [-0.25, -0.2) is 9.78 Å². The number of nitrogens with one attached hydrogen (secondary N) is 1. The summed E-state index contributed by atoms with van der Waals surface area (Å²) in [6.07, 6.45) is 6.72. The van der Waals surface area contributed by atoms with Crippen LogP contribution in [0.1, 0.15) is 62.0 Å². The van der Waals surface area contributed by atoms with Crippen molar-refractivity contribution in [2.75, 3.05) is 5.32 Å². The zero-order valence-corrected chi connectivity index (χ0v) is 11.7. The fourth-order valence-electron chi connectivity index (χ4n) is 2.72. The van der Waals surface area contributed by atoms with E-state index in [0.717, 1.165) is 25.0 Å². The Morgan fingerprint density at radius 1 is 1.37 bits per heavy atom. The number of nitrogens with zero attached hydrogens (tertiary/aromatic N) is 1. The van der Waals surface area contributed by atoms with Gasteiger partial charge in [0, 0.05) is 11.2 Å². The summed E-state index contributed by atoms with van der Waals surface area (Å²) in [7, 11) is 0. The largest absolute Gasteiger partial charge is 0.478 e. The summed E-state index contributed by atoms with van der Waals surface area (Å²) < 4.78 is 0. The van der Waals surface area contributed by atoms with Gasteiger partial charge in [-0.1, -0.05) is 26.2 Å². The van der Waals surface area contributed by atoms with Crippen LogP contribution in [0.5, 0.6) is 0 Å². The second-order valence-corrected chi connectivity index (χ2v) is 5.64. The maximum atomic E-state index is 11.1. The molecule has 104 valence electrons. The Labute approximate surface area is 114 Å². The molecular weight excluding hydrogens is 240 g/mol. The van der Waals surface area contributed by atoms with Gasteiger partial charge in [-0.2, -0.15) is 0 Å². The molecule has 1 fully saturated rings. The third-order valence-corrected chi connectivity index (χ3v) is 3.87. The predicted octanol–water partition coefficient (Wildman–Crippen LogP) is 3.48. The molecule has 1 saturated carbocycles. The number of hydrogen-bond donors (Lipinski definition) is 2. The predicted molar refractivity (Wildman–Crippen MR) is 75.7 cm³/mol. The summed E-state index contributed by atoms with van der Waals surface area (Å²) in [5.74, 6) is -0.199. The lowest BCUT2D eigenvalue weighted by molar-refractivity contribution is 0.0696. The van der Waals surface area contributed by atoms with Gasteiger partial charge in [0.25, 0.3) is 0 Å². The fourth-order valence-corrected chi connectivity index (χ4v) is 2.72. The second-order valence-electron chi connectivity index (χ2n) is 5.64. The number of pyridine rings is 1. The first-order valence-corrected chi connectivity index (χ1v) is 7.05. The summed E-state index contributed by atoms with van der Waals surface area (Å²) in [6.45, 7) is 4.19. The van der Waals surface area contributed by atoms with Gasteiger partial charge in [0.15, 0.2) is 0 Å². The van der Waals surface area contributed by atoms with Crippen LogP contribution in [0.2, 0.25) is 0 Å². The second kappa shape index (κ2) is 5.59. The Balaban J connectivity index is 2.23. The first kappa shape index (κ1) is 13.8. The third-order valence-electron chi connectivity index (χ3n) is 3.87. The third kappa shape index (κ3) is 3.46. The Morgan fingerprint density at radius 3 is 2.63 bits per heavy atom. The minimum atomic E-state index is -0.894. The molecule has 4 nitrogen and oxygen atoms in total. The number of carbonyl (C=O) groups is 1. The molecule has 2 N–H and O–H groups in total. The van der Waals surface area contributed by atoms with Crippen LogP contribution in [-0.2, 0) is 6.42 Å². The molecule has 0 unspecified atom stereocenters. The molecule has 4 heteroatoms. The zero-order chi connectivity index (χ0) is 13.9. The van der Waals surface area contributed by atoms with E-state index in [-0.39, 0.29) is 5.54 Å². The SMILES string of the molecule is CCc1cc(C(=O)O)cc(NC2(C)CCCCC2)n1. The Bertz CT molecular complexity index is 465. The normalized spacial score (nSPS) is 18.0. The highest BCUT2D eigenvalue weighted by atomic mass is 16.4. The molecule has 19 heavy (non-hydrogen) atoms.